The average molecular weight is 277 g/mol. The summed E-state index contributed by atoms with van der Waals surface area (Å²) < 4.78 is 0. The van der Waals surface area contributed by atoms with Crippen LogP contribution in [-0.4, -0.2) is 35.4 Å². The highest BCUT2D eigenvalue weighted by Gasteiger charge is 2.17. The Morgan fingerprint density at radius 3 is 2.65 bits per heavy atom. The SMILES string of the molecule is CCCCN(CC)C(=O)c1cnc(C)cc1NCCC. The second-order valence-corrected chi connectivity index (χ2v) is 5.04. The smallest absolute Gasteiger partial charge is 0.257 e. The molecule has 112 valence electrons. The Hall–Kier alpha value is -1.58. The third kappa shape index (κ3) is 4.51. The molecule has 1 aromatic heterocycles. The Morgan fingerprint density at radius 1 is 1.30 bits per heavy atom. The van der Waals surface area contributed by atoms with Crippen molar-refractivity contribution in [1.29, 1.82) is 0 Å². The number of aromatic nitrogens is 1. The molecule has 4 nitrogen and oxygen atoms in total. The first-order valence-electron chi connectivity index (χ1n) is 7.63. The predicted octanol–water partition coefficient (Wildman–Crippen LogP) is 3.47. The zero-order valence-electron chi connectivity index (χ0n) is 13.2. The lowest BCUT2D eigenvalue weighted by Crippen LogP contribution is -2.32. The number of nitrogens with one attached hydrogen (secondary N) is 1. The Bertz CT molecular complexity index is 432. The lowest BCUT2D eigenvalue weighted by Gasteiger charge is -2.22. The molecule has 0 saturated heterocycles. The molecule has 0 aliphatic heterocycles. The lowest BCUT2D eigenvalue weighted by atomic mass is 10.1. The third-order valence-corrected chi connectivity index (χ3v) is 3.29. The molecule has 0 spiro atoms. The number of amides is 1. The molecule has 0 radical (unpaired) electrons. The maximum absolute atomic E-state index is 12.6. The first-order chi connectivity index (χ1) is 9.63. The third-order valence-electron chi connectivity index (χ3n) is 3.29. The van der Waals surface area contributed by atoms with Crippen molar-refractivity contribution in [2.75, 3.05) is 25.0 Å². The van der Waals surface area contributed by atoms with E-state index in [1.54, 1.807) is 6.20 Å². The number of carbonyl (C=O) groups is 1. The molecule has 4 heteroatoms. The molecule has 20 heavy (non-hydrogen) atoms. The summed E-state index contributed by atoms with van der Waals surface area (Å²) in [6.07, 6.45) is 4.86. The molecule has 0 aromatic carbocycles. The van der Waals surface area contributed by atoms with E-state index in [2.05, 4.69) is 24.1 Å². The number of hydrogen-bond acceptors (Lipinski definition) is 3. The first-order valence-corrected chi connectivity index (χ1v) is 7.63. The second kappa shape index (κ2) is 8.56. The normalized spacial score (nSPS) is 10.4. The van der Waals surface area contributed by atoms with Crippen LogP contribution in [0.1, 0.15) is 56.1 Å². The van der Waals surface area contributed by atoms with Crippen molar-refractivity contribution in [2.45, 2.75) is 47.0 Å². The van der Waals surface area contributed by atoms with Crippen LogP contribution in [0.2, 0.25) is 0 Å². The summed E-state index contributed by atoms with van der Waals surface area (Å²) >= 11 is 0. The van der Waals surface area contributed by atoms with Gasteiger partial charge in [0, 0.05) is 31.5 Å². The zero-order valence-corrected chi connectivity index (χ0v) is 13.2. The van der Waals surface area contributed by atoms with Crippen molar-refractivity contribution in [2.24, 2.45) is 0 Å². The average Bonchev–Trinajstić information content (AvgIpc) is 2.45. The highest BCUT2D eigenvalue weighted by atomic mass is 16.2. The minimum Gasteiger partial charge on any atom is -0.384 e. The fourth-order valence-electron chi connectivity index (χ4n) is 2.06. The van der Waals surface area contributed by atoms with Crippen LogP contribution in [-0.2, 0) is 0 Å². The van der Waals surface area contributed by atoms with E-state index in [4.69, 9.17) is 0 Å². The molecule has 0 aliphatic rings. The Morgan fingerprint density at radius 2 is 2.05 bits per heavy atom. The van der Waals surface area contributed by atoms with Crippen molar-refractivity contribution in [3.63, 3.8) is 0 Å². The highest BCUT2D eigenvalue weighted by Crippen LogP contribution is 2.18. The quantitative estimate of drug-likeness (QED) is 0.791. The molecule has 0 unspecified atom stereocenters. The standard InChI is InChI=1S/C16H27N3O/c1-5-8-10-19(7-3)16(20)14-12-18-13(4)11-15(14)17-9-6-2/h11-12H,5-10H2,1-4H3,(H,17,18). The van der Waals surface area contributed by atoms with E-state index in [1.807, 2.05) is 24.8 Å². The van der Waals surface area contributed by atoms with Crippen LogP contribution < -0.4 is 5.32 Å². The molecule has 0 atom stereocenters. The summed E-state index contributed by atoms with van der Waals surface area (Å²) in [5, 5.41) is 3.33. The van der Waals surface area contributed by atoms with Crippen molar-refractivity contribution in [1.82, 2.24) is 9.88 Å². The second-order valence-electron chi connectivity index (χ2n) is 5.04. The van der Waals surface area contributed by atoms with Gasteiger partial charge in [0.1, 0.15) is 0 Å². The fourth-order valence-corrected chi connectivity index (χ4v) is 2.06. The van der Waals surface area contributed by atoms with Gasteiger partial charge < -0.3 is 10.2 Å². The number of aryl methyl sites for hydroxylation is 1. The first kappa shape index (κ1) is 16.5. The van der Waals surface area contributed by atoms with Crippen LogP contribution in [0.3, 0.4) is 0 Å². The molecule has 0 bridgehead atoms. The van der Waals surface area contributed by atoms with E-state index in [0.717, 1.165) is 50.3 Å². The number of anilines is 1. The molecule has 1 N–H and O–H groups in total. The van der Waals surface area contributed by atoms with Gasteiger partial charge in [0.15, 0.2) is 0 Å². The predicted molar refractivity (Wildman–Crippen MR) is 84.2 cm³/mol. The van der Waals surface area contributed by atoms with Gasteiger partial charge in [-0.2, -0.15) is 0 Å². The largest absolute Gasteiger partial charge is 0.384 e. The highest BCUT2D eigenvalue weighted by molar-refractivity contribution is 5.99. The van der Waals surface area contributed by atoms with Crippen molar-refractivity contribution < 1.29 is 4.79 Å². The molecule has 1 rings (SSSR count). The van der Waals surface area contributed by atoms with Gasteiger partial charge in [-0.25, -0.2) is 0 Å². The van der Waals surface area contributed by atoms with Gasteiger partial charge >= 0.3 is 0 Å². The number of unbranched alkanes of at least 4 members (excludes halogenated alkanes) is 1. The van der Waals surface area contributed by atoms with Gasteiger partial charge in [-0.05, 0) is 32.8 Å². The van der Waals surface area contributed by atoms with E-state index in [0.29, 0.717) is 5.56 Å². The fraction of sp³-hybridized carbons (Fsp3) is 0.625. The number of pyridine rings is 1. The van der Waals surface area contributed by atoms with Crippen molar-refractivity contribution >= 4 is 11.6 Å². The van der Waals surface area contributed by atoms with Gasteiger partial charge in [-0.3, -0.25) is 9.78 Å². The molecule has 0 fully saturated rings. The molecule has 1 amide bonds. The van der Waals surface area contributed by atoms with E-state index in [1.165, 1.54) is 0 Å². The summed E-state index contributed by atoms with van der Waals surface area (Å²) in [4.78, 5) is 18.8. The number of nitrogens with zero attached hydrogens (tertiary/aromatic N) is 2. The van der Waals surface area contributed by atoms with Crippen LogP contribution in [0, 0.1) is 6.92 Å². The molecular formula is C16H27N3O. The van der Waals surface area contributed by atoms with Gasteiger partial charge in [0.05, 0.1) is 11.3 Å². The molecule has 1 heterocycles. The Kier molecular flexibility index (Phi) is 7.05. The summed E-state index contributed by atoms with van der Waals surface area (Å²) in [5.41, 5.74) is 2.51. The lowest BCUT2D eigenvalue weighted by molar-refractivity contribution is 0.0763. The van der Waals surface area contributed by atoms with Crippen LogP contribution in [0.5, 0.6) is 0 Å². The number of hydrogen-bond donors (Lipinski definition) is 1. The maximum atomic E-state index is 12.6. The van der Waals surface area contributed by atoms with E-state index in [-0.39, 0.29) is 5.91 Å². The summed E-state index contributed by atoms with van der Waals surface area (Å²) in [6, 6.07) is 1.95. The molecule has 0 aliphatic carbocycles. The monoisotopic (exact) mass is 277 g/mol. The Labute approximate surface area is 122 Å². The number of carbonyl (C=O) groups excluding carboxylic acids is 1. The maximum Gasteiger partial charge on any atom is 0.257 e. The summed E-state index contributed by atoms with van der Waals surface area (Å²) in [6.45, 7) is 10.6. The van der Waals surface area contributed by atoms with Gasteiger partial charge in [0.2, 0.25) is 0 Å². The van der Waals surface area contributed by atoms with Crippen LogP contribution in [0.15, 0.2) is 12.3 Å². The van der Waals surface area contributed by atoms with Crippen LogP contribution in [0.25, 0.3) is 0 Å². The van der Waals surface area contributed by atoms with Gasteiger partial charge in [0.25, 0.3) is 5.91 Å². The van der Waals surface area contributed by atoms with E-state index >= 15 is 0 Å². The molecule has 0 saturated carbocycles. The van der Waals surface area contributed by atoms with E-state index < -0.39 is 0 Å². The van der Waals surface area contributed by atoms with Crippen molar-refractivity contribution in [3.05, 3.63) is 23.5 Å². The van der Waals surface area contributed by atoms with Crippen LogP contribution >= 0.6 is 0 Å². The zero-order chi connectivity index (χ0) is 15.0. The van der Waals surface area contributed by atoms with E-state index in [9.17, 15) is 4.79 Å². The van der Waals surface area contributed by atoms with Gasteiger partial charge in [-0.15, -0.1) is 0 Å². The van der Waals surface area contributed by atoms with Crippen LogP contribution in [0.4, 0.5) is 5.69 Å². The Balaban J connectivity index is 2.94. The summed E-state index contributed by atoms with van der Waals surface area (Å²) in [7, 11) is 0. The topological polar surface area (TPSA) is 45.2 Å². The van der Waals surface area contributed by atoms with Gasteiger partial charge in [-0.1, -0.05) is 20.3 Å². The minimum absolute atomic E-state index is 0.0760. The summed E-state index contributed by atoms with van der Waals surface area (Å²) in [5.74, 6) is 0.0760. The van der Waals surface area contributed by atoms with Crippen molar-refractivity contribution in [3.8, 4) is 0 Å². The number of rotatable bonds is 8. The minimum atomic E-state index is 0.0760. The molecule has 1 aromatic rings. The molecular weight excluding hydrogens is 250 g/mol.